The average Bonchev–Trinajstić information content (AvgIpc) is 2.46. The van der Waals surface area contributed by atoms with E-state index in [0.717, 1.165) is 13.2 Å². The number of nitrogens with zero attached hydrogens (tertiary/aromatic N) is 1. The number of rotatable bonds is 2. The minimum Gasteiger partial charge on any atom is -0.381 e. The summed E-state index contributed by atoms with van der Waals surface area (Å²) in [6.45, 7) is 9.96. The second-order valence-corrected chi connectivity index (χ2v) is 6.61. The molecule has 0 aliphatic carbocycles. The number of ether oxygens (including phenoxy) is 1. The number of anilines is 1. The molecule has 0 aromatic heterocycles. The van der Waals surface area contributed by atoms with Gasteiger partial charge in [-0.05, 0) is 75.1 Å². The van der Waals surface area contributed by atoms with Gasteiger partial charge in [0.15, 0.2) is 0 Å². The lowest BCUT2D eigenvalue weighted by atomic mass is 9.85. The summed E-state index contributed by atoms with van der Waals surface area (Å²) >= 11 is 0. The first-order valence-corrected chi connectivity index (χ1v) is 8.14. The zero-order chi connectivity index (χ0) is 14.1. The Kier molecular flexibility index (Phi) is 4.02. The minimum absolute atomic E-state index is 0.599. The molecule has 0 bridgehead atoms. The van der Waals surface area contributed by atoms with E-state index in [0.29, 0.717) is 12.0 Å². The fraction of sp³-hybridized carbons (Fsp3) is 0.667. The van der Waals surface area contributed by atoms with Crippen LogP contribution in [0.3, 0.4) is 0 Å². The molecule has 0 amide bonds. The molecule has 0 unspecified atom stereocenters. The molecule has 1 aromatic rings. The fourth-order valence-electron chi connectivity index (χ4n) is 3.77. The van der Waals surface area contributed by atoms with Crippen molar-refractivity contribution < 1.29 is 4.74 Å². The van der Waals surface area contributed by atoms with E-state index in [1.807, 2.05) is 0 Å². The van der Waals surface area contributed by atoms with Crippen molar-refractivity contribution in [1.82, 2.24) is 0 Å². The van der Waals surface area contributed by atoms with Crippen molar-refractivity contribution in [2.24, 2.45) is 0 Å². The van der Waals surface area contributed by atoms with Crippen LogP contribution in [0, 0.1) is 6.92 Å². The van der Waals surface area contributed by atoms with Crippen LogP contribution in [0.15, 0.2) is 12.1 Å². The van der Waals surface area contributed by atoms with E-state index in [-0.39, 0.29) is 0 Å². The molecule has 1 fully saturated rings. The second-order valence-electron chi connectivity index (χ2n) is 6.61. The summed E-state index contributed by atoms with van der Waals surface area (Å²) in [5, 5.41) is 0. The lowest BCUT2D eigenvalue weighted by Gasteiger charge is -2.36. The number of fused-ring (bicyclic) bond motifs is 1. The summed E-state index contributed by atoms with van der Waals surface area (Å²) in [6, 6.07) is 5.55. The lowest BCUT2D eigenvalue weighted by Crippen LogP contribution is -2.35. The smallest absolute Gasteiger partial charge is 0.0471 e. The van der Waals surface area contributed by atoms with Gasteiger partial charge in [0.05, 0.1) is 0 Å². The molecule has 0 atom stereocenters. The van der Waals surface area contributed by atoms with Gasteiger partial charge in [-0.1, -0.05) is 6.07 Å². The van der Waals surface area contributed by atoms with E-state index in [1.54, 1.807) is 11.1 Å². The predicted octanol–water partition coefficient (Wildman–Crippen LogP) is 4.05. The second kappa shape index (κ2) is 5.77. The maximum Gasteiger partial charge on any atom is 0.0471 e. The summed E-state index contributed by atoms with van der Waals surface area (Å²) < 4.78 is 5.51. The highest BCUT2D eigenvalue weighted by Gasteiger charge is 2.23. The van der Waals surface area contributed by atoms with E-state index in [9.17, 15) is 0 Å². The highest BCUT2D eigenvalue weighted by atomic mass is 16.5. The van der Waals surface area contributed by atoms with E-state index in [2.05, 4.69) is 37.8 Å². The van der Waals surface area contributed by atoms with Gasteiger partial charge in [-0.25, -0.2) is 0 Å². The van der Waals surface area contributed by atoms with Crippen LogP contribution in [0.5, 0.6) is 0 Å². The van der Waals surface area contributed by atoms with Crippen LogP contribution in [0.25, 0.3) is 0 Å². The number of hydrogen-bond donors (Lipinski definition) is 0. The standard InChI is InChI=1S/C18H27NO/c1-13(2)19-8-4-5-16-12-17(14(3)11-18(16)19)15-6-9-20-10-7-15/h11-13,15H,4-10H2,1-3H3. The van der Waals surface area contributed by atoms with E-state index in [4.69, 9.17) is 4.74 Å². The summed E-state index contributed by atoms with van der Waals surface area (Å²) in [5.41, 5.74) is 6.11. The topological polar surface area (TPSA) is 12.5 Å². The lowest BCUT2D eigenvalue weighted by molar-refractivity contribution is 0.0852. The Balaban J connectivity index is 1.95. The molecule has 0 spiro atoms. The Morgan fingerprint density at radius 2 is 1.95 bits per heavy atom. The molecule has 1 saturated heterocycles. The van der Waals surface area contributed by atoms with Crippen molar-refractivity contribution in [3.05, 3.63) is 28.8 Å². The van der Waals surface area contributed by atoms with E-state index < -0.39 is 0 Å². The van der Waals surface area contributed by atoms with Gasteiger partial charge in [0.1, 0.15) is 0 Å². The molecule has 110 valence electrons. The van der Waals surface area contributed by atoms with Gasteiger partial charge in [0.2, 0.25) is 0 Å². The Labute approximate surface area is 123 Å². The first-order chi connectivity index (χ1) is 9.66. The van der Waals surface area contributed by atoms with Gasteiger partial charge in [-0.3, -0.25) is 0 Å². The quantitative estimate of drug-likeness (QED) is 0.806. The molecule has 0 radical (unpaired) electrons. The van der Waals surface area contributed by atoms with Crippen molar-refractivity contribution in [2.45, 2.75) is 58.4 Å². The largest absolute Gasteiger partial charge is 0.381 e. The van der Waals surface area contributed by atoms with Crippen molar-refractivity contribution >= 4 is 5.69 Å². The molecule has 2 nitrogen and oxygen atoms in total. The van der Waals surface area contributed by atoms with Gasteiger partial charge in [-0.15, -0.1) is 0 Å². The predicted molar refractivity (Wildman–Crippen MR) is 84.8 cm³/mol. The zero-order valence-corrected chi connectivity index (χ0v) is 13.1. The van der Waals surface area contributed by atoms with Gasteiger partial charge in [0, 0.05) is 31.5 Å². The molecule has 20 heavy (non-hydrogen) atoms. The molecular weight excluding hydrogens is 246 g/mol. The summed E-state index contributed by atoms with van der Waals surface area (Å²) in [4.78, 5) is 2.57. The SMILES string of the molecule is Cc1cc2c(cc1C1CCOCC1)CCCN2C(C)C. The normalized spacial score (nSPS) is 20.3. The molecule has 1 aromatic carbocycles. The van der Waals surface area contributed by atoms with Crippen LogP contribution in [0.2, 0.25) is 0 Å². The molecule has 2 heteroatoms. The minimum atomic E-state index is 0.599. The zero-order valence-electron chi connectivity index (χ0n) is 13.1. The van der Waals surface area contributed by atoms with Gasteiger partial charge < -0.3 is 9.64 Å². The van der Waals surface area contributed by atoms with Crippen LogP contribution in [-0.4, -0.2) is 25.8 Å². The van der Waals surface area contributed by atoms with Crippen molar-refractivity contribution in [3.8, 4) is 0 Å². The van der Waals surface area contributed by atoms with Gasteiger partial charge in [0.25, 0.3) is 0 Å². The van der Waals surface area contributed by atoms with Crippen LogP contribution >= 0.6 is 0 Å². The molecule has 2 heterocycles. The molecule has 2 aliphatic rings. The summed E-state index contributed by atoms with van der Waals surface area (Å²) in [7, 11) is 0. The van der Waals surface area contributed by atoms with Crippen LogP contribution in [0.4, 0.5) is 5.69 Å². The molecule has 3 rings (SSSR count). The Bertz CT molecular complexity index is 475. The molecule has 2 aliphatic heterocycles. The van der Waals surface area contributed by atoms with E-state index >= 15 is 0 Å². The van der Waals surface area contributed by atoms with Crippen molar-refractivity contribution in [1.29, 1.82) is 0 Å². The summed E-state index contributed by atoms with van der Waals surface area (Å²) in [6.07, 6.45) is 4.91. The third kappa shape index (κ3) is 2.58. The maximum atomic E-state index is 5.51. The number of aryl methyl sites for hydroxylation is 2. The molecular formula is C18H27NO. The average molecular weight is 273 g/mol. The highest BCUT2D eigenvalue weighted by molar-refractivity contribution is 5.60. The van der Waals surface area contributed by atoms with E-state index in [1.165, 1.54) is 43.5 Å². The van der Waals surface area contributed by atoms with Crippen LogP contribution < -0.4 is 4.90 Å². The molecule has 0 N–H and O–H groups in total. The maximum absolute atomic E-state index is 5.51. The van der Waals surface area contributed by atoms with Crippen LogP contribution in [0.1, 0.15) is 55.7 Å². The Hall–Kier alpha value is -1.02. The first kappa shape index (κ1) is 13.9. The third-order valence-electron chi connectivity index (χ3n) is 4.91. The third-order valence-corrected chi connectivity index (χ3v) is 4.91. The van der Waals surface area contributed by atoms with Crippen molar-refractivity contribution in [3.63, 3.8) is 0 Å². The van der Waals surface area contributed by atoms with Crippen molar-refractivity contribution in [2.75, 3.05) is 24.7 Å². The highest BCUT2D eigenvalue weighted by Crippen LogP contribution is 2.36. The van der Waals surface area contributed by atoms with Crippen LogP contribution in [-0.2, 0) is 11.2 Å². The van der Waals surface area contributed by atoms with Gasteiger partial charge >= 0.3 is 0 Å². The monoisotopic (exact) mass is 273 g/mol. The number of benzene rings is 1. The summed E-state index contributed by atoms with van der Waals surface area (Å²) in [5.74, 6) is 0.712. The number of hydrogen-bond acceptors (Lipinski definition) is 2. The molecule has 0 saturated carbocycles. The Morgan fingerprint density at radius 1 is 1.20 bits per heavy atom. The fourth-order valence-corrected chi connectivity index (χ4v) is 3.77. The van der Waals surface area contributed by atoms with Gasteiger partial charge in [-0.2, -0.15) is 0 Å². The Morgan fingerprint density at radius 3 is 2.65 bits per heavy atom. The first-order valence-electron chi connectivity index (χ1n) is 8.14.